The maximum absolute atomic E-state index is 11.3. The Balaban J connectivity index is 2.39. The molecule has 0 amide bonds. The summed E-state index contributed by atoms with van der Waals surface area (Å²) in [6, 6.07) is 0. The van der Waals surface area contributed by atoms with Gasteiger partial charge in [-0.15, -0.1) is 0 Å². The quantitative estimate of drug-likeness (QED) is 0.764. The van der Waals surface area contributed by atoms with E-state index in [9.17, 15) is 4.79 Å². The second kappa shape index (κ2) is 6.05. The van der Waals surface area contributed by atoms with Crippen LogP contribution in [-0.4, -0.2) is 29.1 Å². The summed E-state index contributed by atoms with van der Waals surface area (Å²) in [5.74, 6) is 0.119. The third kappa shape index (κ3) is 3.84. The zero-order chi connectivity index (χ0) is 12.0. The fraction of sp³-hybridized carbons (Fsp3) is 0.545. The monoisotopic (exact) mass is 223 g/mol. The molecule has 0 aliphatic rings. The Labute approximate surface area is 95.3 Å². The summed E-state index contributed by atoms with van der Waals surface area (Å²) in [6.45, 7) is 6.40. The first-order valence-corrected chi connectivity index (χ1v) is 5.32. The smallest absolute Gasteiger partial charge is 0.310 e. The fourth-order valence-corrected chi connectivity index (χ4v) is 1.10. The largest absolute Gasteiger partial charge is 0.466 e. The van der Waals surface area contributed by atoms with Gasteiger partial charge in [-0.25, -0.2) is 9.97 Å². The van der Waals surface area contributed by atoms with Gasteiger partial charge in [0.25, 0.3) is 0 Å². The lowest BCUT2D eigenvalue weighted by molar-refractivity contribution is -0.146. The highest BCUT2D eigenvalue weighted by atomic mass is 16.5. The standard InChI is InChI=1S/C11H17N3O2/c1-4-16-10(15)9(3)7-14-11-12-5-8(2)6-13-11/h5-6,9H,4,7H2,1-3H3,(H,12,13,14). The van der Waals surface area contributed by atoms with Crippen LogP contribution in [0.25, 0.3) is 0 Å². The molecule has 0 aliphatic heterocycles. The molecule has 0 spiro atoms. The number of rotatable bonds is 5. The molecular formula is C11H17N3O2. The normalized spacial score (nSPS) is 11.9. The summed E-state index contributed by atoms with van der Waals surface area (Å²) in [7, 11) is 0. The first kappa shape index (κ1) is 12.4. The van der Waals surface area contributed by atoms with Crippen LogP contribution in [0.3, 0.4) is 0 Å². The average molecular weight is 223 g/mol. The van der Waals surface area contributed by atoms with Crippen molar-refractivity contribution in [2.75, 3.05) is 18.5 Å². The molecular weight excluding hydrogens is 206 g/mol. The van der Waals surface area contributed by atoms with E-state index in [1.807, 2.05) is 6.92 Å². The van der Waals surface area contributed by atoms with Gasteiger partial charge in [-0.2, -0.15) is 0 Å². The van der Waals surface area contributed by atoms with Crippen LogP contribution in [0, 0.1) is 12.8 Å². The molecule has 0 saturated heterocycles. The van der Waals surface area contributed by atoms with E-state index in [0.717, 1.165) is 5.56 Å². The summed E-state index contributed by atoms with van der Waals surface area (Å²) >= 11 is 0. The topological polar surface area (TPSA) is 64.1 Å². The van der Waals surface area contributed by atoms with Crippen molar-refractivity contribution >= 4 is 11.9 Å². The van der Waals surface area contributed by atoms with Gasteiger partial charge in [0.2, 0.25) is 5.95 Å². The molecule has 0 aromatic carbocycles. The van der Waals surface area contributed by atoms with Crippen LogP contribution >= 0.6 is 0 Å². The van der Waals surface area contributed by atoms with Crippen molar-refractivity contribution in [1.29, 1.82) is 0 Å². The zero-order valence-corrected chi connectivity index (χ0v) is 9.86. The van der Waals surface area contributed by atoms with Gasteiger partial charge in [0.1, 0.15) is 0 Å². The Morgan fingerprint density at radius 1 is 1.50 bits per heavy atom. The molecule has 1 aromatic heterocycles. The van der Waals surface area contributed by atoms with Crippen molar-refractivity contribution in [2.24, 2.45) is 5.92 Å². The number of aromatic nitrogens is 2. The van der Waals surface area contributed by atoms with Gasteiger partial charge >= 0.3 is 5.97 Å². The van der Waals surface area contributed by atoms with Crippen LogP contribution in [0.4, 0.5) is 5.95 Å². The number of hydrogen-bond acceptors (Lipinski definition) is 5. The lowest BCUT2D eigenvalue weighted by atomic mass is 10.2. The maximum Gasteiger partial charge on any atom is 0.310 e. The van der Waals surface area contributed by atoms with Gasteiger partial charge in [0, 0.05) is 18.9 Å². The van der Waals surface area contributed by atoms with E-state index >= 15 is 0 Å². The second-order valence-electron chi connectivity index (χ2n) is 3.62. The van der Waals surface area contributed by atoms with E-state index in [1.165, 1.54) is 0 Å². The summed E-state index contributed by atoms with van der Waals surface area (Å²) in [5, 5.41) is 2.99. The molecule has 16 heavy (non-hydrogen) atoms. The molecule has 1 heterocycles. The second-order valence-corrected chi connectivity index (χ2v) is 3.62. The predicted molar refractivity (Wildman–Crippen MR) is 61.1 cm³/mol. The van der Waals surface area contributed by atoms with Crippen molar-refractivity contribution in [3.05, 3.63) is 18.0 Å². The number of ether oxygens (including phenoxy) is 1. The Kier molecular flexibility index (Phi) is 4.69. The minimum Gasteiger partial charge on any atom is -0.466 e. The highest BCUT2D eigenvalue weighted by Gasteiger charge is 2.13. The van der Waals surface area contributed by atoms with E-state index in [-0.39, 0.29) is 11.9 Å². The van der Waals surface area contributed by atoms with Crippen LogP contribution in [0.15, 0.2) is 12.4 Å². The Bertz CT molecular complexity index is 338. The summed E-state index contributed by atoms with van der Waals surface area (Å²) < 4.78 is 4.89. The van der Waals surface area contributed by atoms with Crippen molar-refractivity contribution in [1.82, 2.24) is 9.97 Å². The van der Waals surface area contributed by atoms with Gasteiger partial charge < -0.3 is 10.1 Å². The summed E-state index contributed by atoms with van der Waals surface area (Å²) in [6.07, 6.45) is 3.45. The number of aryl methyl sites for hydroxylation is 1. The van der Waals surface area contributed by atoms with Gasteiger partial charge in [0.05, 0.1) is 12.5 Å². The number of hydrogen-bond donors (Lipinski definition) is 1. The molecule has 88 valence electrons. The molecule has 1 rings (SSSR count). The molecule has 0 saturated carbocycles. The van der Waals surface area contributed by atoms with Crippen LogP contribution in [0.1, 0.15) is 19.4 Å². The first-order chi connectivity index (χ1) is 7.63. The predicted octanol–water partition coefficient (Wildman–Crippen LogP) is 1.40. The van der Waals surface area contributed by atoms with Crippen molar-refractivity contribution in [3.8, 4) is 0 Å². The third-order valence-electron chi connectivity index (χ3n) is 2.04. The molecule has 1 aromatic rings. The van der Waals surface area contributed by atoms with Crippen LogP contribution in [-0.2, 0) is 9.53 Å². The van der Waals surface area contributed by atoms with E-state index in [1.54, 1.807) is 26.2 Å². The zero-order valence-electron chi connectivity index (χ0n) is 9.86. The van der Waals surface area contributed by atoms with Crippen LogP contribution < -0.4 is 5.32 Å². The van der Waals surface area contributed by atoms with E-state index in [4.69, 9.17) is 4.74 Å². The number of anilines is 1. The van der Waals surface area contributed by atoms with Crippen molar-refractivity contribution in [3.63, 3.8) is 0 Å². The number of nitrogens with zero attached hydrogens (tertiary/aromatic N) is 2. The highest BCUT2D eigenvalue weighted by molar-refractivity contribution is 5.72. The maximum atomic E-state index is 11.3. The number of carbonyl (C=O) groups excluding carboxylic acids is 1. The van der Waals surface area contributed by atoms with Crippen LogP contribution in [0.5, 0.6) is 0 Å². The molecule has 1 N–H and O–H groups in total. The van der Waals surface area contributed by atoms with Gasteiger partial charge in [-0.05, 0) is 19.4 Å². The average Bonchev–Trinajstić information content (AvgIpc) is 2.28. The van der Waals surface area contributed by atoms with E-state index < -0.39 is 0 Å². The number of esters is 1. The molecule has 1 atom stereocenters. The first-order valence-electron chi connectivity index (χ1n) is 5.32. The summed E-state index contributed by atoms with van der Waals surface area (Å²) in [5.41, 5.74) is 1.00. The fourth-order valence-electron chi connectivity index (χ4n) is 1.10. The van der Waals surface area contributed by atoms with Crippen molar-refractivity contribution in [2.45, 2.75) is 20.8 Å². The van der Waals surface area contributed by atoms with Crippen molar-refractivity contribution < 1.29 is 9.53 Å². The minimum atomic E-state index is -0.206. The van der Waals surface area contributed by atoms with E-state index in [0.29, 0.717) is 19.1 Å². The minimum absolute atomic E-state index is 0.204. The lowest BCUT2D eigenvalue weighted by Gasteiger charge is -2.11. The Morgan fingerprint density at radius 2 is 2.12 bits per heavy atom. The number of nitrogens with one attached hydrogen (secondary N) is 1. The molecule has 0 aliphatic carbocycles. The van der Waals surface area contributed by atoms with Gasteiger partial charge in [-0.1, -0.05) is 6.92 Å². The molecule has 0 fully saturated rings. The Morgan fingerprint density at radius 3 is 2.69 bits per heavy atom. The molecule has 0 radical (unpaired) electrons. The van der Waals surface area contributed by atoms with Gasteiger partial charge in [-0.3, -0.25) is 4.79 Å². The van der Waals surface area contributed by atoms with E-state index in [2.05, 4.69) is 15.3 Å². The third-order valence-corrected chi connectivity index (χ3v) is 2.04. The molecule has 0 bridgehead atoms. The SMILES string of the molecule is CCOC(=O)C(C)CNc1ncc(C)cn1. The highest BCUT2D eigenvalue weighted by Crippen LogP contribution is 2.02. The molecule has 5 nitrogen and oxygen atoms in total. The van der Waals surface area contributed by atoms with Gasteiger partial charge in [0.15, 0.2) is 0 Å². The Hall–Kier alpha value is -1.65. The molecule has 1 unspecified atom stereocenters. The number of carbonyl (C=O) groups is 1. The van der Waals surface area contributed by atoms with Crippen LogP contribution in [0.2, 0.25) is 0 Å². The lowest BCUT2D eigenvalue weighted by Crippen LogP contribution is -2.23. The molecule has 5 heteroatoms. The summed E-state index contributed by atoms with van der Waals surface area (Å²) in [4.78, 5) is 19.5.